The van der Waals surface area contributed by atoms with Crippen LogP contribution in [0.4, 0.5) is 4.39 Å². The Bertz CT molecular complexity index is 308. The molecular formula is C7H8ClFN2O. The maximum Gasteiger partial charge on any atom is 0.255 e. The minimum absolute atomic E-state index is 0.0949. The number of rotatable bonds is 2. The first-order valence-electron chi connectivity index (χ1n) is 3.40. The molecule has 5 heteroatoms. The lowest BCUT2D eigenvalue weighted by Crippen LogP contribution is -1.96. The number of alkyl halides is 1. The third-order valence-electron chi connectivity index (χ3n) is 1.45. The van der Waals surface area contributed by atoms with Crippen LogP contribution in [0.25, 0.3) is 0 Å². The molecule has 0 radical (unpaired) electrons. The molecule has 0 aromatic carbocycles. The molecule has 66 valence electrons. The quantitative estimate of drug-likeness (QED) is 0.667. The first-order chi connectivity index (χ1) is 5.52. The van der Waals surface area contributed by atoms with Crippen molar-refractivity contribution in [1.29, 1.82) is 0 Å². The average molecular weight is 191 g/mol. The lowest BCUT2D eigenvalue weighted by Gasteiger charge is -1.96. The molecule has 0 aliphatic carbocycles. The topological polar surface area (TPSA) is 34.9 Å². The summed E-state index contributed by atoms with van der Waals surface area (Å²) in [5, 5.41) is 3.09. The molecule has 0 bridgehead atoms. The Morgan fingerprint density at radius 1 is 1.83 bits per heavy atom. The maximum atomic E-state index is 12.8. The standard InChI is InChI=1S/C7H8ClFN2O/c1-4(9)6-5(7(8)12)3-11(2)10-6/h3-4H,1-2H3. The van der Waals surface area contributed by atoms with Gasteiger partial charge in [-0.1, -0.05) is 0 Å². The fraction of sp³-hybridized carbons (Fsp3) is 0.429. The van der Waals surface area contributed by atoms with Crippen molar-refractivity contribution in [1.82, 2.24) is 9.78 Å². The fourth-order valence-electron chi connectivity index (χ4n) is 0.951. The Morgan fingerprint density at radius 2 is 2.42 bits per heavy atom. The third kappa shape index (κ3) is 1.64. The van der Waals surface area contributed by atoms with Crippen LogP contribution in [0.2, 0.25) is 0 Å². The van der Waals surface area contributed by atoms with Crippen molar-refractivity contribution in [3.05, 3.63) is 17.5 Å². The normalized spacial score (nSPS) is 13.0. The largest absolute Gasteiger partial charge is 0.275 e. The van der Waals surface area contributed by atoms with Gasteiger partial charge in [-0.2, -0.15) is 5.10 Å². The zero-order chi connectivity index (χ0) is 9.30. The molecule has 1 aromatic rings. The first kappa shape index (κ1) is 9.19. The monoisotopic (exact) mass is 190 g/mol. The summed E-state index contributed by atoms with van der Waals surface area (Å²) in [7, 11) is 1.61. The number of aromatic nitrogens is 2. The minimum Gasteiger partial charge on any atom is -0.275 e. The number of hydrogen-bond acceptors (Lipinski definition) is 2. The van der Waals surface area contributed by atoms with E-state index in [9.17, 15) is 9.18 Å². The summed E-state index contributed by atoms with van der Waals surface area (Å²) in [6.45, 7) is 1.31. The van der Waals surface area contributed by atoms with Gasteiger partial charge < -0.3 is 0 Å². The van der Waals surface area contributed by atoms with Crippen molar-refractivity contribution in [2.45, 2.75) is 13.1 Å². The van der Waals surface area contributed by atoms with E-state index in [4.69, 9.17) is 11.6 Å². The number of carbonyl (C=O) groups excluding carboxylic acids is 1. The zero-order valence-corrected chi connectivity index (χ0v) is 7.47. The van der Waals surface area contributed by atoms with E-state index in [-0.39, 0.29) is 11.3 Å². The van der Waals surface area contributed by atoms with Crippen LogP contribution < -0.4 is 0 Å². The Balaban J connectivity index is 3.17. The van der Waals surface area contributed by atoms with Crippen molar-refractivity contribution < 1.29 is 9.18 Å². The molecule has 0 amide bonds. The molecule has 0 saturated carbocycles. The molecule has 0 fully saturated rings. The lowest BCUT2D eigenvalue weighted by atomic mass is 10.2. The highest BCUT2D eigenvalue weighted by Gasteiger charge is 2.18. The average Bonchev–Trinajstić information content (AvgIpc) is 2.31. The van der Waals surface area contributed by atoms with Gasteiger partial charge in [0.15, 0.2) is 0 Å². The van der Waals surface area contributed by atoms with Crippen molar-refractivity contribution in [2.75, 3.05) is 0 Å². The summed E-state index contributed by atoms with van der Waals surface area (Å²) in [5.74, 6) is 0. The Labute approximate surface area is 74.1 Å². The molecule has 0 N–H and O–H groups in total. The van der Waals surface area contributed by atoms with Gasteiger partial charge in [0, 0.05) is 13.2 Å². The van der Waals surface area contributed by atoms with Crippen LogP contribution in [0.1, 0.15) is 29.1 Å². The number of halogens is 2. The van der Waals surface area contributed by atoms with E-state index in [2.05, 4.69) is 5.10 Å². The summed E-state index contributed by atoms with van der Waals surface area (Å²) < 4.78 is 14.1. The Morgan fingerprint density at radius 3 is 2.75 bits per heavy atom. The van der Waals surface area contributed by atoms with Crippen LogP contribution in [-0.2, 0) is 7.05 Å². The van der Waals surface area contributed by atoms with Gasteiger partial charge in [0.1, 0.15) is 11.9 Å². The molecule has 0 aliphatic heterocycles. The van der Waals surface area contributed by atoms with Gasteiger partial charge in [-0.3, -0.25) is 9.48 Å². The molecule has 1 rings (SSSR count). The molecule has 0 spiro atoms. The highest BCUT2D eigenvalue weighted by molar-refractivity contribution is 6.67. The summed E-state index contributed by atoms with van der Waals surface area (Å²) in [6.07, 6.45) is 0.129. The highest BCUT2D eigenvalue weighted by Crippen LogP contribution is 2.20. The van der Waals surface area contributed by atoms with Crippen LogP contribution in [0.3, 0.4) is 0 Å². The van der Waals surface area contributed by atoms with E-state index in [0.29, 0.717) is 0 Å². The molecule has 3 nitrogen and oxygen atoms in total. The molecule has 0 saturated heterocycles. The van der Waals surface area contributed by atoms with Gasteiger partial charge >= 0.3 is 0 Å². The number of hydrogen-bond donors (Lipinski definition) is 0. The van der Waals surface area contributed by atoms with Gasteiger partial charge in [0.05, 0.1) is 5.56 Å². The van der Waals surface area contributed by atoms with Gasteiger partial charge in [-0.25, -0.2) is 4.39 Å². The number of carbonyl (C=O) groups is 1. The molecule has 1 aromatic heterocycles. The van der Waals surface area contributed by atoms with E-state index in [1.54, 1.807) is 7.05 Å². The smallest absolute Gasteiger partial charge is 0.255 e. The van der Waals surface area contributed by atoms with E-state index in [1.807, 2.05) is 0 Å². The molecule has 1 heterocycles. The number of nitrogens with zero attached hydrogens (tertiary/aromatic N) is 2. The summed E-state index contributed by atoms with van der Waals surface area (Å²) >= 11 is 5.21. The van der Waals surface area contributed by atoms with E-state index in [1.165, 1.54) is 17.8 Å². The van der Waals surface area contributed by atoms with Gasteiger partial charge in [-0.15, -0.1) is 0 Å². The molecular weight excluding hydrogens is 183 g/mol. The SMILES string of the molecule is CC(F)c1nn(C)cc1C(=O)Cl. The van der Waals surface area contributed by atoms with Crippen LogP contribution in [0.5, 0.6) is 0 Å². The van der Waals surface area contributed by atoms with Crippen molar-refractivity contribution >= 4 is 16.8 Å². The van der Waals surface area contributed by atoms with E-state index < -0.39 is 11.4 Å². The van der Waals surface area contributed by atoms with Gasteiger partial charge in [0.2, 0.25) is 0 Å². The molecule has 1 atom stereocenters. The van der Waals surface area contributed by atoms with Crippen LogP contribution in [-0.4, -0.2) is 15.0 Å². The first-order valence-corrected chi connectivity index (χ1v) is 3.77. The van der Waals surface area contributed by atoms with E-state index >= 15 is 0 Å². The van der Waals surface area contributed by atoms with Crippen LogP contribution in [0.15, 0.2) is 6.20 Å². The molecule has 12 heavy (non-hydrogen) atoms. The summed E-state index contributed by atoms with van der Waals surface area (Å²) in [6, 6.07) is 0. The summed E-state index contributed by atoms with van der Waals surface area (Å²) in [4.78, 5) is 10.7. The lowest BCUT2D eigenvalue weighted by molar-refractivity contribution is 0.107. The second kappa shape index (κ2) is 3.23. The fourth-order valence-corrected chi connectivity index (χ4v) is 1.10. The van der Waals surface area contributed by atoms with Gasteiger partial charge in [0.25, 0.3) is 5.24 Å². The molecule has 0 aliphatic rings. The Kier molecular flexibility index (Phi) is 2.47. The number of aryl methyl sites for hydroxylation is 1. The molecule has 1 unspecified atom stereocenters. The predicted molar refractivity (Wildman–Crippen MR) is 42.9 cm³/mol. The maximum absolute atomic E-state index is 12.8. The van der Waals surface area contributed by atoms with Gasteiger partial charge in [-0.05, 0) is 18.5 Å². The van der Waals surface area contributed by atoms with Crippen molar-refractivity contribution in [3.8, 4) is 0 Å². The van der Waals surface area contributed by atoms with Crippen LogP contribution in [0, 0.1) is 0 Å². The van der Waals surface area contributed by atoms with Crippen molar-refractivity contribution in [3.63, 3.8) is 0 Å². The van der Waals surface area contributed by atoms with Crippen molar-refractivity contribution in [2.24, 2.45) is 7.05 Å². The second-order valence-electron chi connectivity index (χ2n) is 2.49. The van der Waals surface area contributed by atoms with Crippen LogP contribution >= 0.6 is 11.6 Å². The second-order valence-corrected chi connectivity index (χ2v) is 2.83. The van der Waals surface area contributed by atoms with E-state index in [0.717, 1.165) is 0 Å². The Hall–Kier alpha value is -0.900. The third-order valence-corrected chi connectivity index (χ3v) is 1.65. The highest BCUT2D eigenvalue weighted by atomic mass is 35.5. The zero-order valence-electron chi connectivity index (χ0n) is 6.71. The predicted octanol–water partition coefficient (Wildman–Crippen LogP) is 1.83. The minimum atomic E-state index is -1.27. The summed E-state index contributed by atoms with van der Waals surface area (Å²) in [5.41, 5.74) is 0.228.